The number of phenols is 1. The van der Waals surface area contributed by atoms with Crippen molar-refractivity contribution in [3.05, 3.63) is 88.7 Å². The van der Waals surface area contributed by atoms with Gasteiger partial charge in [0, 0.05) is 30.1 Å². The number of carbonyl (C=O) groups excluding carboxylic acids is 2. The van der Waals surface area contributed by atoms with Crippen LogP contribution in [0.5, 0.6) is 11.5 Å². The molecule has 0 spiro atoms. The van der Waals surface area contributed by atoms with Crippen LogP contribution in [0.4, 0.5) is 0 Å². The molecular formula is C27H30N2O4. The Morgan fingerprint density at radius 3 is 2.61 bits per heavy atom. The maximum absolute atomic E-state index is 12.5. The number of hydrogen-bond donors (Lipinski definition) is 2. The number of benzene rings is 2. The summed E-state index contributed by atoms with van der Waals surface area (Å²) in [6, 6.07) is 14.5. The lowest BCUT2D eigenvalue weighted by Crippen LogP contribution is -2.24. The number of Topliss-reactive ketones (excluding diaryl/α,β-unsaturated/α-hetero) is 1. The maximum Gasteiger partial charge on any atom is 0.251 e. The lowest BCUT2D eigenvalue weighted by Gasteiger charge is -2.15. The molecule has 0 fully saturated rings. The first-order valence-corrected chi connectivity index (χ1v) is 11.2. The number of rotatable bonds is 11. The second-order valence-corrected chi connectivity index (χ2v) is 7.95. The molecule has 0 bridgehead atoms. The highest BCUT2D eigenvalue weighted by Crippen LogP contribution is 2.33. The summed E-state index contributed by atoms with van der Waals surface area (Å²) in [7, 11) is 0. The first-order chi connectivity index (χ1) is 16.0. The Labute approximate surface area is 194 Å². The van der Waals surface area contributed by atoms with Crippen molar-refractivity contribution in [2.75, 3.05) is 6.54 Å². The number of phenolic OH excluding ortho intramolecular Hbond substituents is 1. The Bertz CT molecular complexity index is 1100. The zero-order valence-electron chi connectivity index (χ0n) is 19.1. The summed E-state index contributed by atoms with van der Waals surface area (Å²) >= 11 is 0. The first-order valence-electron chi connectivity index (χ1n) is 11.2. The zero-order chi connectivity index (χ0) is 23.6. The maximum atomic E-state index is 12.5. The van der Waals surface area contributed by atoms with Gasteiger partial charge in [-0.05, 0) is 67.6 Å². The number of hydrogen-bond acceptors (Lipinski definition) is 5. The van der Waals surface area contributed by atoms with Crippen LogP contribution in [-0.4, -0.2) is 28.3 Å². The number of carbonyl (C=O) groups is 2. The van der Waals surface area contributed by atoms with E-state index in [9.17, 15) is 14.7 Å². The van der Waals surface area contributed by atoms with E-state index in [-0.39, 0.29) is 24.0 Å². The van der Waals surface area contributed by atoms with Gasteiger partial charge >= 0.3 is 0 Å². The van der Waals surface area contributed by atoms with Gasteiger partial charge in [0.2, 0.25) is 0 Å². The molecular weight excluding hydrogens is 416 g/mol. The number of aromatic hydroxyl groups is 1. The van der Waals surface area contributed by atoms with Gasteiger partial charge < -0.3 is 15.2 Å². The molecule has 6 nitrogen and oxygen atoms in total. The summed E-state index contributed by atoms with van der Waals surface area (Å²) in [5.41, 5.74) is 3.49. The third kappa shape index (κ3) is 6.65. The normalized spacial score (nSPS) is 10.6. The highest BCUT2D eigenvalue weighted by molar-refractivity contribution is 5.97. The summed E-state index contributed by atoms with van der Waals surface area (Å²) in [5, 5.41) is 13.5. The number of nitrogens with one attached hydrogen (secondary N) is 1. The average Bonchev–Trinajstić information content (AvgIpc) is 2.82. The second kappa shape index (κ2) is 11.8. The smallest absolute Gasteiger partial charge is 0.251 e. The number of pyridine rings is 1. The van der Waals surface area contributed by atoms with Gasteiger partial charge in [-0.2, -0.15) is 0 Å². The number of amides is 1. The van der Waals surface area contributed by atoms with Gasteiger partial charge in [-0.1, -0.05) is 31.5 Å². The van der Waals surface area contributed by atoms with E-state index in [4.69, 9.17) is 4.74 Å². The highest BCUT2D eigenvalue weighted by atomic mass is 16.5. The fourth-order valence-corrected chi connectivity index (χ4v) is 3.63. The van der Waals surface area contributed by atoms with E-state index >= 15 is 0 Å². The van der Waals surface area contributed by atoms with Crippen molar-refractivity contribution < 1.29 is 19.4 Å². The van der Waals surface area contributed by atoms with Gasteiger partial charge in [0.25, 0.3) is 5.91 Å². The molecule has 1 aromatic heterocycles. The van der Waals surface area contributed by atoms with Crippen molar-refractivity contribution in [2.24, 2.45) is 0 Å². The molecule has 0 saturated heterocycles. The summed E-state index contributed by atoms with van der Waals surface area (Å²) in [6.45, 7) is 4.26. The van der Waals surface area contributed by atoms with Crippen LogP contribution in [0.3, 0.4) is 0 Å². The van der Waals surface area contributed by atoms with Crippen LogP contribution in [-0.2, 0) is 19.4 Å². The van der Waals surface area contributed by atoms with Gasteiger partial charge in [-0.25, -0.2) is 0 Å². The number of ketones is 1. The zero-order valence-corrected chi connectivity index (χ0v) is 19.1. The molecule has 33 heavy (non-hydrogen) atoms. The van der Waals surface area contributed by atoms with Gasteiger partial charge in [0.1, 0.15) is 18.1 Å². The first kappa shape index (κ1) is 24.0. The number of nitrogens with zero attached hydrogens (tertiary/aromatic N) is 1. The molecule has 0 radical (unpaired) electrons. The van der Waals surface area contributed by atoms with Crippen LogP contribution < -0.4 is 10.1 Å². The molecule has 2 aromatic carbocycles. The van der Waals surface area contributed by atoms with Crippen molar-refractivity contribution in [2.45, 2.75) is 46.1 Å². The van der Waals surface area contributed by atoms with Gasteiger partial charge in [0.05, 0.1) is 5.56 Å². The fraction of sp³-hybridized carbons (Fsp3) is 0.296. The van der Waals surface area contributed by atoms with Crippen LogP contribution in [0.15, 0.2) is 60.9 Å². The minimum atomic E-state index is -0.185. The van der Waals surface area contributed by atoms with Crippen LogP contribution in [0.2, 0.25) is 0 Å². The molecule has 1 amide bonds. The van der Waals surface area contributed by atoms with Crippen molar-refractivity contribution in [1.29, 1.82) is 0 Å². The van der Waals surface area contributed by atoms with Crippen molar-refractivity contribution >= 4 is 11.7 Å². The Morgan fingerprint density at radius 1 is 1.06 bits per heavy atom. The number of ether oxygens (including phenoxy) is 1. The average molecular weight is 447 g/mol. The van der Waals surface area contributed by atoms with E-state index < -0.39 is 0 Å². The number of aryl methyl sites for hydroxylation is 1. The predicted octanol–water partition coefficient (Wildman–Crippen LogP) is 4.88. The molecule has 0 atom stereocenters. The molecule has 0 unspecified atom stereocenters. The van der Waals surface area contributed by atoms with E-state index in [2.05, 4.69) is 10.3 Å². The van der Waals surface area contributed by atoms with E-state index in [1.807, 2.05) is 37.4 Å². The molecule has 0 aliphatic carbocycles. The standard InChI is InChI=1S/C27H30N2O4/c1-3-7-24-25(13-12-23(19(2)30)26(24)31)33-18-21-8-4-11-22(16-21)27(32)29-15-6-10-20-9-5-14-28-17-20/h4-5,8-9,11-14,16-17,31H,3,6-7,10,15,18H2,1-2H3,(H,29,32). The van der Waals surface area contributed by atoms with E-state index in [0.717, 1.165) is 30.4 Å². The van der Waals surface area contributed by atoms with Crippen LogP contribution >= 0.6 is 0 Å². The second-order valence-electron chi connectivity index (χ2n) is 7.95. The van der Waals surface area contributed by atoms with Crippen LogP contribution in [0.25, 0.3) is 0 Å². The van der Waals surface area contributed by atoms with E-state index in [1.54, 1.807) is 30.5 Å². The Hall–Kier alpha value is -3.67. The minimum Gasteiger partial charge on any atom is -0.507 e. The predicted molar refractivity (Wildman–Crippen MR) is 128 cm³/mol. The van der Waals surface area contributed by atoms with Crippen molar-refractivity contribution in [3.8, 4) is 11.5 Å². The Morgan fingerprint density at radius 2 is 1.88 bits per heavy atom. The summed E-state index contributed by atoms with van der Waals surface area (Å²) in [6.07, 6.45) is 6.68. The highest BCUT2D eigenvalue weighted by Gasteiger charge is 2.16. The van der Waals surface area contributed by atoms with Gasteiger partial charge in [-0.15, -0.1) is 0 Å². The minimum absolute atomic E-state index is 0.0127. The molecule has 1 heterocycles. The number of aromatic nitrogens is 1. The van der Waals surface area contributed by atoms with Crippen molar-refractivity contribution in [3.63, 3.8) is 0 Å². The Balaban J connectivity index is 1.59. The molecule has 6 heteroatoms. The topological polar surface area (TPSA) is 88.5 Å². The summed E-state index contributed by atoms with van der Waals surface area (Å²) < 4.78 is 5.96. The van der Waals surface area contributed by atoms with Crippen LogP contribution in [0, 0.1) is 0 Å². The lowest BCUT2D eigenvalue weighted by atomic mass is 10.0. The summed E-state index contributed by atoms with van der Waals surface area (Å²) in [5.74, 6) is 0.222. The third-order valence-electron chi connectivity index (χ3n) is 5.35. The SMILES string of the molecule is CCCc1c(OCc2cccc(C(=O)NCCCc3cccnc3)c2)ccc(C(C)=O)c1O. The van der Waals surface area contributed by atoms with E-state index in [1.165, 1.54) is 6.92 Å². The third-order valence-corrected chi connectivity index (χ3v) is 5.35. The molecule has 0 aliphatic heterocycles. The monoisotopic (exact) mass is 446 g/mol. The molecule has 2 N–H and O–H groups in total. The fourth-order valence-electron chi connectivity index (χ4n) is 3.63. The largest absolute Gasteiger partial charge is 0.507 e. The molecule has 0 saturated carbocycles. The lowest BCUT2D eigenvalue weighted by molar-refractivity contribution is 0.0952. The van der Waals surface area contributed by atoms with Crippen LogP contribution in [0.1, 0.15) is 64.1 Å². The van der Waals surface area contributed by atoms with Gasteiger partial charge in [-0.3, -0.25) is 14.6 Å². The van der Waals surface area contributed by atoms with E-state index in [0.29, 0.717) is 35.4 Å². The summed E-state index contributed by atoms with van der Waals surface area (Å²) in [4.78, 5) is 28.4. The molecule has 3 rings (SSSR count). The van der Waals surface area contributed by atoms with Crippen molar-refractivity contribution in [1.82, 2.24) is 10.3 Å². The molecule has 172 valence electrons. The molecule has 0 aliphatic rings. The quantitative estimate of drug-likeness (QED) is 0.324. The molecule has 3 aromatic rings. The Kier molecular flexibility index (Phi) is 8.58. The van der Waals surface area contributed by atoms with Gasteiger partial charge in [0.15, 0.2) is 5.78 Å².